The van der Waals surface area contributed by atoms with E-state index in [0.29, 0.717) is 17.1 Å². The largest absolute Gasteiger partial charge is 0.497 e. The van der Waals surface area contributed by atoms with Gasteiger partial charge in [-0.1, -0.05) is 0 Å². The number of likely N-dealkylation sites (tertiary alicyclic amines) is 2. The molecule has 1 atom stereocenters. The van der Waals surface area contributed by atoms with Crippen molar-refractivity contribution in [2.75, 3.05) is 40.9 Å². The predicted molar refractivity (Wildman–Crippen MR) is 98.4 cm³/mol. The van der Waals surface area contributed by atoms with Gasteiger partial charge in [0, 0.05) is 25.2 Å². The van der Waals surface area contributed by atoms with Crippen molar-refractivity contribution in [2.24, 2.45) is 0 Å². The molecule has 0 aliphatic carbocycles. The Labute approximate surface area is 167 Å². The van der Waals surface area contributed by atoms with Crippen LogP contribution in [0.2, 0.25) is 0 Å². The van der Waals surface area contributed by atoms with E-state index < -0.39 is 12.1 Å². The summed E-state index contributed by atoms with van der Waals surface area (Å²) in [5.41, 5.74) is 0.779. The SMILES string of the molecule is COc1ccc(OC)c(C(=O)N2CCCC3(CCN3C)C2)c1.O=C(O)C(F)(F)F. The number of carbonyl (C=O) groups is 2. The molecule has 2 fully saturated rings. The Balaban J connectivity index is 0.000000370. The Morgan fingerprint density at radius 3 is 2.24 bits per heavy atom. The molecule has 0 radical (unpaired) electrons. The van der Waals surface area contributed by atoms with Gasteiger partial charge in [-0.2, -0.15) is 13.2 Å². The van der Waals surface area contributed by atoms with E-state index in [2.05, 4.69) is 11.9 Å². The van der Waals surface area contributed by atoms with Gasteiger partial charge >= 0.3 is 12.1 Å². The number of carboxylic acids is 1. The van der Waals surface area contributed by atoms with E-state index >= 15 is 0 Å². The second-order valence-electron chi connectivity index (χ2n) is 7.10. The molecule has 29 heavy (non-hydrogen) atoms. The number of aliphatic carboxylic acids is 1. The molecule has 2 aliphatic heterocycles. The maximum Gasteiger partial charge on any atom is 0.490 e. The third-order valence-corrected chi connectivity index (χ3v) is 5.44. The fraction of sp³-hybridized carbons (Fsp3) is 0.579. The van der Waals surface area contributed by atoms with Crippen molar-refractivity contribution >= 4 is 11.9 Å². The van der Waals surface area contributed by atoms with Gasteiger partial charge in [0.2, 0.25) is 0 Å². The summed E-state index contributed by atoms with van der Waals surface area (Å²) in [6.07, 6.45) is -1.66. The highest BCUT2D eigenvalue weighted by Crippen LogP contribution is 2.38. The number of benzene rings is 1. The number of hydrogen-bond donors (Lipinski definition) is 1. The summed E-state index contributed by atoms with van der Waals surface area (Å²) in [6.45, 7) is 2.75. The van der Waals surface area contributed by atoms with Crippen LogP contribution in [-0.2, 0) is 4.79 Å². The first-order valence-electron chi connectivity index (χ1n) is 9.07. The first-order chi connectivity index (χ1) is 13.5. The van der Waals surface area contributed by atoms with Crippen LogP contribution < -0.4 is 9.47 Å². The zero-order valence-electron chi connectivity index (χ0n) is 16.6. The van der Waals surface area contributed by atoms with Crippen LogP contribution >= 0.6 is 0 Å². The number of carbonyl (C=O) groups excluding carboxylic acids is 1. The number of alkyl halides is 3. The lowest BCUT2D eigenvalue weighted by atomic mass is 9.78. The fourth-order valence-electron chi connectivity index (χ4n) is 3.60. The van der Waals surface area contributed by atoms with Crippen molar-refractivity contribution in [3.63, 3.8) is 0 Å². The number of carboxylic acid groups (broad SMARTS) is 1. The Bertz CT molecular complexity index is 756. The minimum atomic E-state index is -5.08. The van der Waals surface area contributed by atoms with E-state index in [0.717, 1.165) is 26.1 Å². The normalized spacial score (nSPS) is 21.7. The Morgan fingerprint density at radius 1 is 1.14 bits per heavy atom. The van der Waals surface area contributed by atoms with Gasteiger partial charge in [-0.05, 0) is 44.5 Å². The minimum absolute atomic E-state index is 0.0372. The first kappa shape index (κ1) is 22.8. The van der Waals surface area contributed by atoms with Crippen molar-refractivity contribution in [1.82, 2.24) is 9.80 Å². The molecule has 0 saturated carbocycles. The number of hydrogen-bond acceptors (Lipinski definition) is 5. The summed E-state index contributed by atoms with van der Waals surface area (Å²) >= 11 is 0. The van der Waals surface area contributed by atoms with Crippen molar-refractivity contribution in [1.29, 1.82) is 0 Å². The van der Waals surface area contributed by atoms with Gasteiger partial charge in [0.1, 0.15) is 11.5 Å². The van der Waals surface area contributed by atoms with Gasteiger partial charge in [-0.3, -0.25) is 9.69 Å². The van der Waals surface area contributed by atoms with Crippen molar-refractivity contribution in [2.45, 2.75) is 31.0 Å². The summed E-state index contributed by atoms with van der Waals surface area (Å²) in [6, 6.07) is 5.38. The summed E-state index contributed by atoms with van der Waals surface area (Å²) in [4.78, 5) is 26.2. The van der Waals surface area contributed by atoms with E-state index in [9.17, 15) is 18.0 Å². The molecule has 1 spiro atoms. The molecule has 1 N–H and O–H groups in total. The Morgan fingerprint density at radius 2 is 1.79 bits per heavy atom. The van der Waals surface area contributed by atoms with Crippen LogP contribution in [0.4, 0.5) is 13.2 Å². The number of piperidine rings is 1. The van der Waals surface area contributed by atoms with Gasteiger partial charge in [0.15, 0.2) is 0 Å². The van der Waals surface area contributed by atoms with Gasteiger partial charge in [0.05, 0.1) is 19.8 Å². The van der Waals surface area contributed by atoms with Gasteiger partial charge < -0.3 is 19.5 Å². The lowest BCUT2D eigenvalue weighted by Gasteiger charge is -2.55. The number of likely N-dealkylation sites (N-methyl/N-ethyl adjacent to an activating group) is 1. The molecule has 1 unspecified atom stereocenters. The number of methoxy groups -OCH3 is 2. The minimum Gasteiger partial charge on any atom is -0.497 e. The second kappa shape index (κ2) is 8.89. The summed E-state index contributed by atoms with van der Waals surface area (Å²) in [5.74, 6) is -1.44. The van der Waals surface area contributed by atoms with E-state index in [1.165, 1.54) is 12.8 Å². The summed E-state index contributed by atoms with van der Waals surface area (Å²) in [7, 11) is 5.36. The average molecular weight is 418 g/mol. The molecule has 1 aromatic rings. The van der Waals surface area contributed by atoms with Crippen LogP contribution in [0.15, 0.2) is 18.2 Å². The van der Waals surface area contributed by atoms with Gasteiger partial charge in [-0.25, -0.2) is 4.79 Å². The number of amides is 1. The highest BCUT2D eigenvalue weighted by atomic mass is 19.4. The van der Waals surface area contributed by atoms with Crippen LogP contribution in [0.5, 0.6) is 11.5 Å². The number of rotatable bonds is 3. The fourth-order valence-corrected chi connectivity index (χ4v) is 3.60. The molecule has 0 aromatic heterocycles. The lowest BCUT2D eigenvalue weighted by Crippen LogP contribution is -2.66. The first-order valence-corrected chi connectivity index (χ1v) is 9.07. The van der Waals surface area contributed by atoms with Gasteiger partial charge in [-0.15, -0.1) is 0 Å². The zero-order chi connectivity index (χ0) is 21.8. The van der Waals surface area contributed by atoms with Crippen LogP contribution in [0.25, 0.3) is 0 Å². The molecule has 3 rings (SSSR count). The summed E-state index contributed by atoms with van der Waals surface area (Å²) in [5, 5.41) is 7.12. The molecular formula is C19H25F3N2O5. The molecule has 1 aromatic carbocycles. The van der Waals surface area contributed by atoms with Crippen molar-refractivity contribution in [3.8, 4) is 11.5 Å². The molecule has 2 aliphatic rings. The van der Waals surface area contributed by atoms with E-state index in [-0.39, 0.29) is 11.4 Å². The molecule has 2 heterocycles. The van der Waals surface area contributed by atoms with Crippen LogP contribution in [0, 0.1) is 0 Å². The van der Waals surface area contributed by atoms with E-state index in [1.54, 1.807) is 26.4 Å². The van der Waals surface area contributed by atoms with E-state index in [1.807, 2.05) is 11.0 Å². The Kier molecular flexibility index (Phi) is 6.99. The number of nitrogens with zero attached hydrogens (tertiary/aromatic N) is 2. The molecule has 2 saturated heterocycles. The highest BCUT2D eigenvalue weighted by Gasteiger charge is 2.46. The molecule has 0 bridgehead atoms. The van der Waals surface area contributed by atoms with Gasteiger partial charge in [0.25, 0.3) is 5.91 Å². The molecule has 10 heteroatoms. The Hall–Kier alpha value is -2.49. The maximum atomic E-state index is 13.0. The highest BCUT2D eigenvalue weighted by molar-refractivity contribution is 5.97. The molecular weight excluding hydrogens is 393 g/mol. The van der Waals surface area contributed by atoms with Crippen LogP contribution in [-0.4, -0.2) is 79.4 Å². The topological polar surface area (TPSA) is 79.3 Å². The van der Waals surface area contributed by atoms with Crippen molar-refractivity contribution in [3.05, 3.63) is 23.8 Å². The number of ether oxygens (including phenoxy) is 2. The van der Waals surface area contributed by atoms with Crippen molar-refractivity contribution < 1.29 is 37.3 Å². The van der Waals surface area contributed by atoms with Crippen LogP contribution in [0.3, 0.4) is 0 Å². The van der Waals surface area contributed by atoms with E-state index in [4.69, 9.17) is 19.4 Å². The van der Waals surface area contributed by atoms with Crippen LogP contribution in [0.1, 0.15) is 29.6 Å². The predicted octanol–water partition coefficient (Wildman–Crippen LogP) is 2.65. The third kappa shape index (κ3) is 5.11. The molecule has 1 amide bonds. The standard InChI is InChI=1S/C17H24N2O3.C2HF3O2/c1-18-10-8-17(18)7-4-9-19(12-17)16(20)14-11-13(21-2)5-6-15(14)22-3;3-2(4,5)1(6)7/h5-6,11H,4,7-10,12H2,1-3H3;(H,6,7). The summed E-state index contributed by atoms with van der Waals surface area (Å²) < 4.78 is 42.3. The smallest absolute Gasteiger partial charge is 0.490 e. The second-order valence-corrected chi connectivity index (χ2v) is 7.10. The monoisotopic (exact) mass is 418 g/mol. The maximum absolute atomic E-state index is 13.0. The number of halogens is 3. The molecule has 7 nitrogen and oxygen atoms in total. The molecule has 162 valence electrons. The third-order valence-electron chi connectivity index (χ3n) is 5.44. The lowest BCUT2D eigenvalue weighted by molar-refractivity contribution is -0.192. The zero-order valence-corrected chi connectivity index (χ0v) is 16.6. The average Bonchev–Trinajstić information content (AvgIpc) is 2.71. The quantitative estimate of drug-likeness (QED) is 0.813.